The van der Waals surface area contributed by atoms with Gasteiger partial charge in [0.1, 0.15) is 11.9 Å². The van der Waals surface area contributed by atoms with Crippen LogP contribution in [-0.2, 0) is 9.53 Å². The maximum atomic E-state index is 11.9. The van der Waals surface area contributed by atoms with Crippen LogP contribution >= 0.6 is 11.6 Å². The van der Waals surface area contributed by atoms with E-state index < -0.39 is 0 Å². The van der Waals surface area contributed by atoms with E-state index in [0.29, 0.717) is 22.9 Å². The molecule has 2 fully saturated rings. The van der Waals surface area contributed by atoms with Crippen molar-refractivity contribution in [1.82, 2.24) is 4.90 Å². The number of rotatable bonds is 4. The number of hydrogen-bond acceptors (Lipinski definition) is 4. The highest BCUT2D eigenvalue weighted by Crippen LogP contribution is 2.35. The van der Waals surface area contributed by atoms with Crippen LogP contribution in [0.2, 0.25) is 5.02 Å². The Morgan fingerprint density at radius 3 is 2.48 bits per heavy atom. The number of esters is 1. The van der Waals surface area contributed by atoms with Gasteiger partial charge in [-0.3, -0.25) is 0 Å². The van der Waals surface area contributed by atoms with Crippen molar-refractivity contribution in [2.24, 2.45) is 0 Å². The van der Waals surface area contributed by atoms with Gasteiger partial charge < -0.3 is 14.4 Å². The Hall–Kier alpha value is -1.26. The lowest BCUT2D eigenvalue weighted by Crippen LogP contribution is -2.43. The van der Waals surface area contributed by atoms with Gasteiger partial charge in [0.15, 0.2) is 6.61 Å². The molecule has 0 aromatic heterocycles. The van der Waals surface area contributed by atoms with Gasteiger partial charge in [-0.25, -0.2) is 4.79 Å². The van der Waals surface area contributed by atoms with Crippen molar-refractivity contribution in [3.05, 3.63) is 29.3 Å². The molecule has 1 aromatic carbocycles. The standard InChI is InChI=1S/C16H20ClNO3/c1-18-12-4-5-13(18)9-15(8-12)21-16(19)10-20-14-6-2-11(17)3-7-14/h2-3,6-7,12-13,15H,4-5,8-10H2,1H3. The minimum absolute atomic E-state index is 0.0417. The first-order valence-corrected chi connectivity index (χ1v) is 7.79. The van der Waals surface area contributed by atoms with Crippen molar-refractivity contribution >= 4 is 17.6 Å². The van der Waals surface area contributed by atoms with E-state index in [9.17, 15) is 4.79 Å². The molecule has 4 nitrogen and oxygen atoms in total. The second-order valence-electron chi connectivity index (χ2n) is 5.88. The number of hydrogen-bond donors (Lipinski definition) is 0. The maximum absolute atomic E-state index is 11.9. The van der Waals surface area contributed by atoms with Crippen LogP contribution in [0.25, 0.3) is 0 Å². The second kappa shape index (κ2) is 6.24. The lowest BCUT2D eigenvalue weighted by Gasteiger charge is -2.35. The van der Waals surface area contributed by atoms with Gasteiger partial charge in [-0.2, -0.15) is 0 Å². The molecule has 2 aliphatic heterocycles. The summed E-state index contributed by atoms with van der Waals surface area (Å²) in [5.41, 5.74) is 0. The van der Waals surface area contributed by atoms with Crippen molar-refractivity contribution in [1.29, 1.82) is 0 Å². The minimum atomic E-state index is -0.293. The molecule has 2 unspecified atom stereocenters. The van der Waals surface area contributed by atoms with Crippen LogP contribution in [0.15, 0.2) is 24.3 Å². The first-order valence-electron chi connectivity index (χ1n) is 7.41. The first-order chi connectivity index (χ1) is 10.1. The summed E-state index contributed by atoms with van der Waals surface area (Å²) in [7, 11) is 2.17. The average Bonchev–Trinajstić information content (AvgIpc) is 2.69. The van der Waals surface area contributed by atoms with Crippen LogP contribution in [-0.4, -0.2) is 42.7 Å². The molecule has 0 aliphatic carbocycles. The lowest BCUT2D eigenvalue weighted by atomic mass is 10.0. The number of ether oxygens (including phenoxy) is 2. The molecule has 114 valence electrons. The third kappa shape index (κ3) is 3.50. The van der Waals surface area contributed by atoms with Gasteiger partial charge in [-0.05, 0) is 57.0 Å². The normalized spacial score (nSPS) is 28.4. The molecule has 2 aliphatic rings. The average molecular weight is 310 g/mol. The Bertz CT molecular complexity index is 491. The summed E-state index contributed by atoms with van der Waals surface area (Å²) in [6, 6.07) is 8.09. The smallest absolute Gasteiger partial charge is 0.344 e. The highest BCUT2D eigenvalue weighted by Gasteiger charge is 2.39. The monoisotopic (exact) mass is 309 g/mol. The second-order valence-corrected chi connectivity index (χ2v) is 6.31. The number of fused-ring (bicyclic) bond motifs is 2. The summed E-state index contributed by atoms with van der Waals surface area (Å²) in [6.45, 7) is -0.0523. The number of halogens is 1. The van der Waals surface area contributed by atoms with Gasteiger partial charge >= 0.3 is 5.97 Å². The Kier molecular flexibility index (Phi) is 4.36. The van der Waals surface area contributed by atoms with Crippen LogP contribution in [0.3, 0.4) is 0 Å². The van der Waals surface area contributed by atoms with Crippen molar-refractivity contribution in [3.63, 3.8) is 0 Å². The Labute approximate surface area is 130 Å². The summed E-state index contributed by atoms with van der Waals surface area (Å²) in [5, 5.41) is 0.645. The van der Waals surface area contributed by atoms with Gasteiger partial charge in [0.25, 0.3) is 0 Å². The molecule has 21 heavy (non-hydrogen) atoms. The van der Waals surface area contributed by atoms with Crippen molar-refractivity contribution in [2.75, 3.05) is 13.7 Å². The lowest BCUT2D eigenvalue weighted by molar-refractivity contribution is -0.154. The fourth-order valence-corrected chi connectivity index (χ4v) is 3.48. The van der Waals surface area contributed by atoms with Gasteiger partial charge in [0, 0.05) is 17.1 Å². The molecule has 2 heterocycles. The molecule has 0 spiro atoms. The highest BCUT2D eigenvalue weighted by molar-refractivity contribution is 6.30. The Balaban J connectivity index is 1.45. The van der Waals surface area contributed by atoms with E-state index >= 15 is 0 Å². The van der Waals surface area contributed by atoms with Gasteiger partial charge in [0.2, 0.25) is 0 Å². The van der Waals surface area contributed by atoms with E-state index in [-0.39, 0.29) is 18.7 Å². The summed E-state index contributed by atoms with van der Waals surface area (Å²) in [4.78, 5) is 14.3. The molecular formula is C16H20ClNO3. The van der Waals surface area contributed by atoms with Crippen LogP contribution in [0.4, 0.5) is 0 Å². The van der Waals surface area contributed by atoms with Crippen LogP contribution in [0.5, 0.6) is 5.75 Å². The molecule has 0 radical (unpaired) electrons. The van der Waals surface area contributed by atoms with Crippen LogP contribution < -0.4 is 4.74 Å². The van der Waals surface area contributed by atoms with E-state index in [1.54, 1.807) is 24.3 Å². The largest absolute Gasteiger partial charge is 0.482 e. The summed E-state index contributed by atoms with van der Waals surface area (Å²) in [5.74, 6) is 0.332. The first kappa shape index (κ1) is 14.7. The molecule has 5 heteroatoms. The third-order valence-electron chi connectivity index (χ3n) is 4.52. The van der Waals surface area contributed by atoms with Crippen molar-refractivity contribution in [2.45, 2.75) is 43.9 Å². The zero-order valence-electron chi connectivity index (χ0n) is 12.1. The van der Waals surface area contributed by atoms with E-state index in [1.165, 1.54) is 12.8 Å². The van der Waals surface area contributed by atoms with Crippen LogP contribution in [0, 0.1) is 0 Å². The van der Waals surface area contributed by atoms with Gasteiger partial charge in [-0.1, -0.05) is 11.6 Å². The third-order valence-corrected chi connectivity index (χ3v) is 4.78. The molecule has 1 aromatic rings. The topological polar surface area (TPSA) is 38.8 Å². The van der Waals surface area contributed by atoms with Crippen LogP contribution in [0.1, 0.15) is 25.7 Å². The van der Waals surface area contributed by atoms with E-state index in [4.69, 9.17) is 21.1 Å². The molecular weight excluding hydrogens is 290 g/mol. The Morgan fingerprint density at radius 1 is 1.24 bits per heavy atom. The molecule has 0 amide bonds. The fraction of sp³-hybridized carbons (Fsp3) is 0.562. The quantitative estimate of drug-likeness (QED) is 0.802. The zero-order chi connectivity index (χ0) is 14.8. The van der Waals surface area contributed by atoms with Gasteiger partial charge in [-0.15, -0.1) is 0 Å². The fourth-order valence-electron chi connectivity index (χ4n) is 3.35. The highest BCUT2D eigenvalue weighted by atomic mass is 35.5. The maximum Gasteiger partial charge on any atom is 0.344 e. The van der Waals surface area contributed by atoms with E-state index in [1.807, 2.05) is 0 Å². The van der Waals surface area contributed by atoms with Crippen molar-refractivity contribution in [3.8, 4) is 5.75 Å². The summed E-state index contributed by atoms with van der Waals surface area (Å²) < 4.78 is 11.0. The Morgan fingerprint density at radius 2 is 1.86 bits per heavy atom. The van der Waals surface area contributed by atoms with E-state index in [0.717, 1.165) is 12.8 Å². The van der Waals surface area contributed by atoms with Crippen molar-refractivity contribution < 1.29 is 14.3 Å². The predicted octanol–water partition coefficient (Wildman–Crippen LogP) is 2.89. The molecule has 2 saturated heterocycles. The molecule has 2 bridgehead atoms. The molecule has 0 saturated carbocycles. The number of nitrogens with zero attached hydrogens (tertiary/aromatic N) is 1. The number of piperidine rings is 1. The SMILES string of the molecule is CN1C2CCC1CC(OC(=O)COc1ccc(Cl)cc1)C2. The van der Waals surface area contributed by atoms with E-state index in [2.05, 4.69) is 11.9 Å². The number of carbonyl (C=O) groups is 1. The number of benzene rings is 1. The molecule has 2 atom stereocenters. The predicted molar refractivity (Wildman–Crippen MR) is 80.6 cm³/mol. The number of carbonyl (C=O) groups excluding carboxylic acids is 1. The zero-order valence-corrected chi connectivity index (χ0v) is 12.9. The van der Waals surface area contributed by atoms with Gasteiger partial charge in [0.05, 0.1) is 0 Å². The minimum Gasteiger partial charge on any atom is -0.482 e. The summed E-state index contributed by atoms with van der Waals surface area (Å²) in [6.07, 6.45) is 4.37. The summed E-state index contributed by atoms with van der Waals surface area (Å²) >= 11 is 5.80. The molecule has 0 N–H and O–H groups in total. The molecule has 3 rings (SSSR count).